The summed E-state index contributed by atoms with van der Waals surface area (Å²) in [6, 6.07) is 11.2. The fourth-order valence-corrected chi connectivity index (χ4v) is 5.39. The van der Waals surface area contributed by atoms with Gasteiger partial charge in [-0.25, -0.2) is 14.8 Å². The van der Waals surface area contributed by atoms with Crippen molar-refractivity contribution in [3.05, 3.63) is 59.4 Å². The first-order valence-electron chi connectivity index (χ1n) is 9.82. The molecule has 0 saturated carbocycles. The SMILES string of the molecule is CC1=CC(C)(C)N(C)c2cc(F)c(/C=N/NC(=O)CSc3nc4ccccc4s3)cc21. The van der Waals surface area contributed by atoms with Crippen molar-refractivity contribution >= 4 is 56.7 Å². The molecule has 1 N–H and O–H groups in total. The normalized spacial score (nSPS) is 15.3. The number of hydrazone groups is 1. The molecule has 1 aromatic heterocycles. The lowest BCUT2D eigenvalue weighted by molar-refractivity contribution is -0.118. The highest BCUT2D eigenvalue weighted by molar-refractivity contribution is 8.01. The van der Waals surface area contributed by atoms with Gasteiger partial charge < -0.3 is 4.90 Å². The second-order valence-electron chi connectivity index (χ2n) is 7.96. The summed E-state index contributed by atoms with van der Waals surface area (Å²) < 4.78 is 16.6. The number of hydrogen-bond donors (Lipinski definition) is 1. The van der Waals surface area contributed by atoms with E-state index in [4.69, 9.17) is 0 Å². The first kappa shape index (κ1) is 21.5. The van der Waals surface area contributed by atoms with E-state index in [0.717, 1.165) is 31.4 Å². The van der Waals surface area contributed by atoms with Crippen LogP contribution >= 0.6 is 23.1 Å². The van der Waals surface area contributed by atoms with Gasteiger partial charge in [0.25, 0.3) is 5.91 Å². The van der Waals surface area contributed by atoms with Gasteiger partial charge in [0.15, 0.2) is 4.34 Å². The fraction of sp³-hybridized carbons (Fsp3) is 0.261. The summed E-state index contributed by atoms with van der Waals surface area (Å²) in [6.45, 7) is 6.20. The van der Waals surface area contributed by atoms with Gasteiger partial charge in [-0.2, -0.15) is 5.10 Å². The maximum atomic E-state index is 14.7. The second-order valence-corrected chi connectivity index (χ2v) is 10.2. The molecule has 1 aliphatic heterocycles. The van der Waals surface area contributed by atoms with Crippen molar-refractivity contribution in [1.82, 2.24) is 10.4 Å². The smallest absolute Gasteiger partial charge is 0.250 e. The van der Waals surface area contributed by atoms with Crippen molar-refractivity contribution in [1.29, 1.82) is 0 Å². The van der Waals surface area contributed by atoms with Gasteiger partial charge in [-0.15, -0.1) is 11.3 Å². The molecule has 0 fully saturated rings. The zero-order valence-electron chi connectivity index (χ0n) is 17.8. The predicted octanol–water partition coefficient (Wildman–Crippen LogP) is 5.31. The number of carbonyl (C=O) groups excluding carboxylic acids is 1. The topological polar surface area (TPSA) is 57.6 Å². The van der Waals surface area contributed by atoms with Gasteiger partial charge in [-0.3, -0.25) is 4.79 Å². The molecule has 3 aromatic rings. The molecule has 0 bridgehead atoms. The summed E-state index contributed by atoms with van der Waals surface area (Å²) in [4.78, 5) is 18.7. The molecule has 0 saturated heterocycles. The number of halogens is 1. The standard InChI is InChI=1S/C23H23FN4OS2/c1-14-11-23(2,3)28(4)19-10-17(24)15(9-16(14)19)12-25-27-21(29)13-30-22-26-18-7-5-6-8-20(18)31-22/h5-12H,13H2,1-4H3,(H,27,29)/b25-12+. The number of fused-ring (bicyclic) bond motifs is 2. The Morgan fingerprint density at radius 2 is 2.13 bits per heavy atom. The fourth-order valence-electron chi connectivity index (χ4n) is 3.53. The van der Waals surface area contributed by atoms with E-state index in [1.165, 1.54) is 24.0 Å². The van der Waals surface area contributed by atoms with Crippen LogP contribution in [0.3, 0.4) is 0 Å². The monoisotopic (exact) mass is 454 g/mol. The van der Waals surface area contributed by atoms with Crippen LogP contribution in [0.1, 0.15) is 31.9 Å². The minimum absolute atomic E-state index is 0.186. The number of likely N-dealkylation sites (N-methyl/N-ethyl adjacent to an activating group) is 1. The number of thioether (sulfide) groups is 1. The average Bonchev–Trinajstić information content (AvgIpc) is 3.14. The quantitative estimate of drug-likeness (QED) is 0.322. The van der Waals surface area contributed by atoms with E-state index in [9.17, 15) is 9.18 Å². The molecule has 1 amide bonds. The van der Waals surface area contributed by atoms with E-state index >= 15 is 0 Å². The van der Waals surface area contributed by atoms with Gasteiger partial charge in [0.05, 0.1) is 27.7 Å². The van der Waals surface area contributed by atoms with Crippen molar-refractivity contribution in [3.63, 3.8) is 0 Å². The summed E-state index contributed by atoms with van der Waals surface area (Å²) in [7, 11) is 1.96. The molecule has 0 atom stereocenters. The third-order valence-corrected chi connectivity index (χ3v) is 7.51. The summed E-state index contributed by atoms with van der Waals surface area (Å²) in [5, 5.41) is 3.95. The van der Waals surface area contributed by atoms with Gasteiger partial charge in [-0.1, -0.05) is 30.0 Å². The Labute approximate surface area is 189 Å². The van der Waals surface area contributed by atoms with E-state index in [1.807, 2.05) is 38.2 Å². The Bertz CT molecular complexity index is 1180. The maximum absolute atomic E-state index is 14.7. The Kier molecular flexibility index (Phi) is 5.85. The van der Waals surface area contributed by atoms with Crippen LogP contribution in [0.4, 0.5) is 10.1 Å². The average molecular weight is 455 g/mol. The molecule has 2 aromatic carbocycles. The number of anilines is 1. The number of nitrogens with zero attached hydrogens (tertiary/aromatic N) is 3. The molecule has 2 heterocycles. The minimum Gasteiger partial charge on any atom is -0.365 e. The van der Waals surface area contributed by atoms with Crippen molar-refractivity contribution in [2.45, 2.75) is 30.6 Å². The summed E-state index contributed by atoms with van der Waals surface area (Å²) >= 11 is 2.91. The van der Waals surface area contributed by atoms with Crippen LogP contribution in [0, 0.1) is 5.82 Å². The molecule has 31 heavy (non-hydrogen) atoms. The van der Waals surface area contributed by atoms with Crippen LogP contribution in [-0.2, 0) is 4.79 Å². The Morgan fingerprint density at radius 3 is 2.90 bits per heavy atom. The first-order chi connectivity index (χ1) is 14.7. The van der Waals surface area contributed by atoms with Crippen LogP contribution in [-0.4, -0.2) is 35.4 Å². The van der Waals surface area contributed by atoms with Crippen LogP contribution in [0.25, 0.3) is 15.8 Å². The van der Waals surface area contributed by atoms with E-state index in [0.29, 0.717) is 5.56 Å². The molecular formula is C23H23FN4OS2. The number of para-hydroxylation sites is 1. The number of nitrogens with one attached hydrogen (secondary N) is 1. The molecule has 0 aliphatic carbocycles. The summed E-state index contributed by atoms with van der Waals surface area (Å²) in [5.41, 5.74) is 6.43. The molecule has 4 rings (SSSR count). The molecule has 160 valence electrons. The zero-order valence-corrected chi connectivity index (χ0v) is 19.4. The summed E-state index contributed by atoms with van der Waals surface area (Å²) in [5.74, 6) is -0.458. The Balaban J connectivity index is 1.40. The van der Waals surface area contributed by atoms with Crippen LogP contribution < -0.4 is 10.3 Å². The Morgan fingerprint density at radius 1 is 1.35 bits per heavy atom. The number of allylic oxidation sites excluding steroid dienone is 1. The Hall–Kier alpha value is -2.71. The highest BCUT2D eigenvalue weighted by atomic mass is 32.2. The third-order valence-electron chi connectivity index (χ3n) is 5.33. The number of carbonyl (C=O) groups is 1. The van der Waals surface area contributed by atoms with E-state index < -0.39 is 0 Å². The van der Waals surface area contributed by atoms with Gasteiger partial charge >= 0.3 is 0 Å². The minimum atomic E-state index is -0.377. The van der Waals surface area contributed by atoms with Gasteiger partial charge in [0.1, 0.15) is 5.82 Å². The van der Waals surface area contributed by atoms with E-state index in [1.54, 1.807) is 17.4 Å². The lowest BCUT2D eigenvalue weighted by Gasteiger charge is -2.40. The number of benzene rings is 2. The first-order valence-corrected chi connectivity index (χ1v) is 11.6. The number of thiazole rings is 1. The van der Waals surface area contributed by atoms with Gasteiger partial charge in [0, 0.05) is 23.9 Å². The highest BCUT2D eigenvalue weighted by Gasteiger charge is 2.29. The number of rotatable bonds is 5. The molecule has 0 radical (unpaired) electrons. The molecular weight excluding hydrogens is 431 g/mol. The molecule has 0 spiro atoms. The maximum Gasteiger partial charge on any atom is 0.250 e. The van der Waals surface area contributed by atoms with Crippen molar-refractivity contribution in [2.24, 2.45) is 5.10 Å². The molecule has 1 aliphatic rings. The highest BCUT2D eigenvalue weighted by Crippen LogP contribution is 2.38. The van der Waals surface area contributed by atoms with E-state index in [2.05, 4.69) is 40.3 Å². The second kappa shape index (κ2) is 8.43. The van der Waals surface area contributed by atoms with Gasteiger partial charge in [0.2, 0.25) is 0 Å². The molecule has 0 unspecified atom stereocenters. The predicted molar refractivity (Wildman–Crippen MR) is 129 cm³/mol. The van der Waals surface area contributed by atoms with Crippen LogP contribution in [0.5, 0.6) is 0 Å². The van der Waals surface area contributed by atoms with Crippen molar-refractivity contribution in [2.75, 3.05) is 17.7 Å². The number of amides is 1. The number of hydrogen-bond acceptors (Lipinski definition) is 6. The van der Waals surface area contributed by atoms with Crippen molar-refractivity contribution < 1.29 is 9.18 Å². The lowest BCUT2D eigenvalue weighted by atomic mass is 9.88. The lowest BCUT2D eigenvalue weighted by Crippen LogP contribution is -2.42. The summed E-state index contributed by atoms with van der Waals surface area (Å²) in [6.07, 6.45) is 3.51. The number of aromatic nitrogens is 1. The molecule has 5 nitrogen and oxygen atoms in total. The van der Waals surface area contributed by atoms with Crippen molar-refractivity contribution in [3.8, 4) is 0 Å². The molecule has 8 heteroatoms. The zero-order chi connectivity index (χ0) is 22.2. The van der Waals surface area contributed by atoms with Crippen LogP contribution in [0.2, 0.25) is 0 Å². The van der Waals surface area contributed by atoms with Gasteiger partial charge in [-0.05, 0) is 50.6 Å². The third kappa shape index (κ3) is 4.50. The van der Waals surface area contributed by atoms with E-state index in [-0.39, 0.29) is 23.0 Å². The largest absolute Gasteiger partial charge is 0.365 e. The van der Waals surface area contributed by atoms with Crippen LogP contribution in [0.15, 0.2) is 51.9 Å².